The van der Waals surface area contributed by atoms with E-state index in [9.17, 15) is 9.18 Å². The van der Waals surface area contributed by atoms with Gasteiger partial charge in [0.05, 0.1) is 17.8 Å². The van der Waals surface area contributed by atoms with Crippen molar-refractivity contribution in [3.8, 4) is 0 Å². The van der Waals surface area contributed by atoms with Crippen LogP contribution in [0.2, 0.25) is 0 Å². The number of carbonyl (C=O) groups excluding carboxylic acids is 1. The smallest absolute Gasteiger partial charge is 0.257 e. The number of rotatable bonds is 4. The van der Waals surface area contributed by atoms with Gasteiger partial charge in [-0.2, -0.15) is 5.10 Å². The summed E-state index contributed by atoms with van der Waals surface area (Å²) < 4.78 is 14.9. The molecule has 1 atom stereocenters. The number of nitrogens with zero attached hydrogens (tertiary/aromatic N) is 3. The monoisotopic (exact) mass is 301 g/mol. The van der Waals surface area contributed by atoms with Gasteiger partial charge in [-0.25, -0.2) is 4.39 Å². The molecule has 0 aliphatic carbocycles. The van der Waals surface area contributed by atoms with Crippen LogP contribution in [-0.2, 0) is 6.54 Å². The van der Waals surface area contributed by atoms with Crippen LogP contribution in [0.1, 0.15) is 47.4 Å². The second-order valence-electron chi connectivity index (χ2n) is 5.72. The summed E-state index contributed by atoms with van der Waals surface area (Å²) in [6.07, 6.45) is 3.56. The lowest BCUT2D eigenvalue weighted by Gasteiger charge is -2.41. The number of halogens is 1. The van der Waals surface area contributed by atoms with Gasteiger partial charge >= 0.3 is 0 Å². The Morgan fingerprint density at radius 3 is 2.68 bits per heavy atom. The van der Waals surface area contributed by atoms with Gasteiger partial charge in [0.25, 0.3) is 5.91 Å². The Morgan fingerprint density at radius 1 is 1.36 bits per heavy atom. The highest BCUT2D eigenvalue weighted by Gasteiger charge is 2.35. The minimum absolute atomic E-state index is 0.0143. The molecular formula is C17H20FN3O. The molecule has 5 heteroatoms. The maximum absolute atomic E-state index is 13.0. The summed E-state index contributed by atoms with van der Waals surface area (Å²) in [5, 5.41) is 4.30. The maximum Gasteiger partial charge on any atom is 0.257 e. The van der Waals surface area contributed by atoms with Gasteiger partial charge in [-0.05, 0) is 37.5 Å². The van der Waals surface area contributed by atoms with Crippen LogP contribution in [0.15, 0.2) is 30.5 Å². The summed E-state index contributed by atoms with van der Waals surface area (Å²) in [5.74, 6) is -0.238. The second kappa shape index (κ2) is 5.91. The average molecular weight is 301 g/mol. The molecule has 0 unspecified atom stereocenters. The van der Waals surface area contributed by atoms with E-state index in [1.807, 2.05) is 16.5 Å². The molecule has 0 N–H and O–H groups in total. The lowest BCUT2D eigenvalue weighted by atomic mass is 9.94. The summed E-state index contributed by atoms with van der Waals surface area (Å²) in [5.41, 5.74) is 2.57. The molecule has 1 fully saturated rings. The minimum Gasteiger partial charge on any atom is -0.331 e. The summed E-state index contributed by atoms with van der Waals surface area (Å²) in [6, 6.07) is 6.45. The Morgan fingerprint density at radius 2 is 2.09 bits per heavy atom. The molecule has 116 valence electrons. The fourth-order valence-corrected chi connectivity index (χ4v) is 2.91. The Hall–Kier alpha value is -2.17. The maximum atomic E-state index is 13.0. The van der Waals surface area contributed by atoms with Crippen molar-refractivity contribution >= 4 is 5.91 Å². The number of likely N-dealkylation sites (tertiary alicyclic amines) is 1. The van der Waals surface area contributed by atoms with Gasteiger partial charge in [0.15, 0.2) is 0 Å². The predicted octanol–water partition coefficient (Wildman–Crippen LogP) is 3.33. The molecule has 1 aromatic heterocycles. The number of aryl methyl sites for hydroxylation is 1. The fourth-order valence-electron chi connectivity index (χ4n) is 2.91. The zero-order chi connectivity index (χ0) is 15.7. The molecule has 1 aliphatic rings. The van der Waals surface area contributed by atoms with E-state index in [4.69, 9.17) is 0 Å². The molecule has 1 saturated heterocycles. The topological polar surface area (TPSA) is 38.1 Å². The number of carbonyl (C=O) groups is 1. The first-order chi connectivity index (χ1) is 10.6. The van der Waals surface area contributed by atoms with E-state index in [-0.39, 0.29) is 17.8 Å². The van der Waals surface area contributed by atoms with Crippen molar-refractivity contribution in [2.24, 2.45) is 0 Å². The van der Waals surface area contributed by atoms with E-state index in [1.165, 1.54) is 12.1 Å². The molecular weight excluding hydrogens is 281 g/mol. The van der Waals surface area contributed by atoms with Crippen molar-refractivity contribution in [1.29, 1.82) is 0 Å². The Labute approximate surface area is 129 Å². The average Bonchev–Trinajstić information content (AvgIpc) is 2.82. The Kier molecular flexibility index (Phi) is 3.96. The van der Waals surface area contributed by atoms with Crippen LogP contribution in [0.3, 0.4) is 0 Å². The number of amides is 1. The third-order valence-electron chi connectivity index (χ3n) is 4.30. The molecule has 0 saturated carbocycles. The Bertz CT molecular complexity index is 678. The SMILES string of the molecule is CCCn1ncc(C(=O)N2CC[C@@H]2c2ccc(F)cc2)c1C. The first-order valence-corrected chi connectivity index (χ1v) is 7.70. The van der Waals surface area contributed by atoms with Crippen molar-refractivity contribution in [1.82, 2.24) is 14.7 Å². The summed E-state index contributed by atoms with van der Waals surface area (Å²) >= 11 is 0. The Balaban J connectivity index is 1.79. The van der Waals surface area contributed by atoms with E-state index in [2.05, 4.69) is 12.0 Å². The predicted molar refractivity (Wildman–Crippen MR) is 82.0 cm³/mol. The van der Waals surface area contributed by atoms with E-state index >= 15 is 0 Å². The van der Waals surface area contributed by atoms with Gasteiger partial charge < -0.3 is 4.90 Å². The lowest BCUT2D eigenvalue weighted by molar-refractivity contribution is 0.0459. The van der Waals surface area contributed by atoms with Crippen LogP contribution in [0.5, 0.6) is 0 Å². The number of hydrogen-bond donors (Lipinski definition) is 0. The van der Waals surface area contributed by atoms with E-state index in [1.54, 1.807) is 18.3 Å². The molecule has 1 amide bonds. The molecule has 2 aromatic rings. The van der Waals surface area contributed by atoms with Gasteiger partial charge in [0.2, 0.25) is 0 Å². The highest BCUT2D eigenvalue weighted by atomic mass is 19.1. The summed E-state index contributed by atoms with van der Waals surface area (Å²) in [4.78, 5) is 14.6. The molecule has 0 spiro atoms. The van der Waals surface area contributed by atoms with Crippen LogP contribution in [-0.4, -0.2) is 27.1 Å². The summed E-state index contributed by atoms with van der Waals surface area (Å²) in [6.45, 7) is 5.57. The normalized spacial score (nSPS) is 17.4. The van der Waals surface area contributed by atoms with Crippen molar-refractivity contribution < 1.29 is 9.18 Å². The van der Waals surface area contributed by atoms with Gasteiger partial charge in [-0.3, -0.25) is 9.48 Å². The highest BCUT2D eigenvalue weighted by molar-refractivity contribution is 5.95. The lowest BCUT2D eigenvalue weighted by Crippen LogP contribution is -2.45. The zero-order valence-electron chi connectivity index (χ0n) is 12.9. The van der Waals surface area contributed by atoms with Gasteiger partial charge in [0, 0.05) is 18.8 Å². The van der Waals surface area contributed by atoms with E-state index in [0.29, 0.717) is 5.56 Å². The fraction of sp³-hybridized carbons (Fsp3) is 0.412. The number of aromatic nitrogens is 2. The van der Waals surface area contributed by atoms with Crippen LogP contribution >= 0.6 is 0 Å². The van der Waals surface area contributed by atoms with Crippen molar-refractivity contribution in [3.63, 3.8) is 0 Å². The molecule has 0 radical (unpaired) electrons. The van der Waals surface area contributed by atoms with Crippen LogP contribution in [0.4, 0.5) is 4.39 Å². The minimum atomic E-state index is -0.252. The molecule has 22 heavy (non-hydrogen) atoms. The van der Waals surface area contributed by atoms with Gasteiger partial charge in [-0.1, -0.05) is 19.1 Å². The van der Waals surface area contributed by atoms with Crippen molar-refractivity contribution in [2.45, 2.75) is 39.3 Å². The third kappa shape index (κ3) is 2.51. The molecule has 2 heterocycles. The molecule has 1 aliphatic heterocycles. The largest absolute Gasteiger partial charge is 0.331 e. The zero-order valence-corrected chi connectivity index (χ0v) is 12.9. The van der Waals surface area contributed by atoms with Gasteiger partial charge in [-0.15, -0.1) is 0 Å². The van der Waals surface area contributed by atoms with E-state index < -0.39 is 0 Å². The quantitative estimate of drug-likeness (QED) is 0.869. The summed E-state index contributed by atoms with van der Waals surface area (Å²) in [7, 11) is 0. The van der Waals surface area contributed by atoms with Gasteiger partial charge in [0.1, 0.15) is 5.82 Å². The second-order valence-corrected chi connectivity index (χ2v) is 5.72. The highest BCUT2D eigenvalue weighted by Crippen LogP contribution is 2.34. The van der Waals surface area contributed by atoms with Crippen LogP contribution in [0.25, 0.3) is 0 Å². The number of hydrogen-bond acceptors (Lipinski definition) is 2. The first-order valence-electron chi connectivity index (χ1n) is 7.70. The third-order valence-corrected chi connectivity index (χ3v) is 4.30. The number of benzene rings is 1. The van der Waals surface area contributed by atoms with Crippen LogP contribution in [0, 0.1) is 12.7 Å². The standard InChI is InChI=1S/C17H20FN3O/c1-3-9-21-12(2)15(11-19-21)17(22)20-10-8-16(20)13-4-6-14(18)7-5-13/h4-7,11,16H,3,8-10H2,1-2H3/t16-/m1/s1. The van der Waals surface area contributed by atoms with Crippen LogP contribution < -0.4 is 0 Å². The molecule has 3 rings (SSSR count). The van der Waals surface area contributed by atoms with E-state index in [0.717, 1.165) is 37.2 Å². The van der Waals surface area contributed by atoms with Crippen molar-refractivity contribution in [3.05, 3.63) is 53.1 Å². The molecule has 1 aromatic carbocycles. The molecule has 4 nitrogen and oxygen atoms in total. The van der Waals surface area contributed by atoms with Crippen molar-refractivity contribution in [2.75, 3.05) is 6.54 Å². The molecule has 0 bridgehead atoms. The first kappa shape index (κ1) is 14.8.